The lowest BCUT2D eigenvalue weighted by molar-refractivity contribution is 0.0954. The lowest BCUT2D eigenvalue weighted by Gasteiger charge is -2.07. The van der Waals surface area contributed by atoms with E-state index in [0.29, 0.717) is 21.2 Å². The molecule has 152 valence electrons. The molecule has 0 aliphatic carbocycles. The summed E-state index contributed by atoms with van der Waals surface area (Å²) < 4.78 is 2.73. The van der Waals surface area contributed by atoms with Crippen LogP contribution >= 0.6 is 22.6 Å². The van der Waals surface area contributed by atoms with E-state index in [-0.39, 0.29) is 5.75 Å². The maximum Gasteiger partial charge on any atom is 0.271 e. The Morgan fingerprint density at radius 3 is 2.74 bits per heavy atom. The Morgan fingerprint density at radius 2 is 1.94 bits per heavy atom. The fourth-order valence-electron chi connectivity index (χ4n) is 3.34. The van der Waals surface area contributed by atoms with Gasteiger partial charge in [0.1, 0.15) is 5.75 Å². The van der Waals surface area contributed by atoms with E-state index in [4.69, 9.17) is 0 Å². The molecule has 0 atom stereocenters. The first-order valence-electron chi connectivity index (χ1n) is 9.44. The van der Waals surface area contributed by atoms with Gasteiger partial charge in [-0.25, -0.2) is 5.43 Å². The molecule has 0 radical (unpaired) electrons. The SMILES string of the molecule is N#Cc1ccccc1Cn1cc(/C=N/NC(=O)c2ccc(I)c(O)c2)c2ccccc21. The van der Waals surface area contributed by atoms with Crippen LogP contribution in [-0.2, 0) is 6.54 Å². The number of hydrogen-bond acceptors (Lipinski definition) is 4. The molecule has 7 heteroatoms. The molecule has 0 saturated heterocycles. The second-order valence-corrected chi connectivity index (χ2v) is 8.03. The van der Waals surface area contributed by atoms with Gasteiger partial charge in [-0.3, -0.25) is 4.79 Å². The number of benzene rings is 3. The van der Waals surface area contributed by atoms with Crippen LogP contribution < -0.4 is 5.43 Å². The van der Waals surface area contributed by atoms with Gasteiger partial charge in [0.05, 0.1) is 21.4 Å². The van der Waals surface area contributed by atoms with Crippen LogP contribution in [0.3, 0.4) is 0 Å². The molecule has 31 heavy (non-hydrogen) atoms. The number of carbonyl (C=O) groups is 1. The van der Waals surface area contributed by atoms with Gasteiger partial charge in [-0.15, -0.1) is 0 Å². The number of nitriles is 1. The first kappa shape index (κ1) is 20.6. The molecule has 4 rings (SSSR count). The maximum atomic E-state index is 12.3. The number of amides is 1. The number of carbonyl (C=O) groups excluding carboxylic acids is 1. The topological polar surface area (TPSA) is 90.4 Å². The van der Waals surface area contributed by atoms with Crippen LogP contribution in [0.1, 0.15) is 27.0 Å². The van der Waals surface area contributed by atoms with E-state index in [1.807, 2.05) is 71.3 Å². The van der Waals surface area contributed by atoms with Crippen molar-refractivity contribution in [3.05, 3.63) is 98.8 Å². The van der Waals surface area contributed by atoms with Crippen molar-refractivity contribution in [3.8, 4) is 11.8 Å². The molecule has 3 aromatic carbocycles. The van der Waals surface area contributed by atoms with Gasteiger partial charge in [-0.1, -0.05) is 36.4 Å². The zero-order valence-corrected chi connectivity index (χ0v) is 18.4. The molecule has 0 fully saturated rings. The van der Waals surface area contributed by atoms with Crippen LogP contribution in [0.4, 0.5) is 0 Å². The van der Waals surface area contributed by atoms with Gasteiger partial charge < -0.3 is 9.67 Å². The minimum absolute atomic E-state index is 0.0537. The zero-order valence-electron chi connectivity index (χ0n) is 16.3. The van der Waals surface area contributed by atoms with E-state index in [1.54, 1.807) is 24.4 Å². The highest BCUT2D eigenvalue weighted by Gasteiger charge is 2.10. The molecule has 0 bridgehead atoms. The fourth-order valence-corrected chi connectivity index (χ4v) is 3.67. The van der Waals surface area contributed by atoms with E-state index in [1.165, 1.54) is 6.07 Å². The van der Waals surface area contributed by atoms with Gasteiger partial charge in [0.25, 0.3) is 5.91 Å². The smallest absolute Gasteiger partial charge is 0.271 e. The third-order valence-corrected chi connectivity index (χ3v) is 5.79. The highest BCUT2D eigenvalue weighted by molar-refractivity contribution is 14.1. The summed E-state index contributed by atoms with van der Waals surface area (Å²) in [7, 11) is 0. The minimum atomic E-state index is -0.408. The molecular weight excluding hydrogens is 503 g/mol. The lowest BCUT2D eigenvalue weighted by Crippen LogP contribution is -2.17. The second-order valence-electron chi connectivity index (χ2n) is 6.86. The van der Waals surface area contributed by atoms with Crippen LogP contribution in [0.5, 0.6) is 5.75 Å². The average molecular weight is 520 g/mol. The summed E-state index contributed by atoms with van der Waals surface area (Å²) in [6.07, 6.45) is 3.55. The number of nitrogens with zero attached hydrogens (tertiary/aromatic N) is 3. The van der Waals surface area contributed by atoms with Crippen molar-refractivity contribution >= 4 is 45.6 Å². The Bertz CT molecular complexity index is 1350. The monoisotopic (exact) mass is 520 g/mol. The molecule has 6 nitrogen and oxygen atoms in total. The number of aromatic hydroxyl groups is 1. The first-order chi connectivity index (χ1) is 15.1. The number of phenolic OH excluding ortho intramolecular Hbond substituents is 1. The van der Waals surface area contributed by atoms with Crippen molar-refractivity contribution in [1.82, 2.24) is 9.99 Å². The summed E-state index contributed by atoms with van der Waals surface area (Å²) in [4.78, 5) is 12.3. The number of para-hydroxylation sites is 1. The molecule has 4 aromatic rings. The van der Waals surface area contributed by atoms with Crippen LogP contribution in [-0.4, -0.2) is 21.8 Å². The Morgan fingerprint density at radius 1 is 1.16 bits per heavy atom. The van der Waals surface area contributed by atoms with Crippen molar-refractivity contribution < 1.29 is 9.90 Å². The van der Waals surface area contributed by atoms with Gasteiger partial charge in [-0.2, -0.15) is 10.4 Å². The lowest BCUT2D eigenvalue weighted by atomic mass is 10.1. The van der Waals surface area contributed by atoms with Crippen molar-refractivity contribution in [2.75, 3.05) is 0 Å². The van der Waals surface area contributed by atoms with Crippen molar-refractivity contribution in [1.29, 1.82) is 5.26 Å². The highest BCUT2D eigenvalue weighted by Crippen LogP contribution is 2.23. The predicted molar refractivity (Wildman–Crippen MR) is 128 cm³/mol. The third kappa shape index (κ3) is 4.44. The summed E-state index contributed by atoms with van der Waals surface area (Å²) in [6.45, 7) is 0.548. The van der Waals surface area contributed by atoms with E-state index < -0.39 is 5.91 Å². The van der Waals surface area contributed by atoms with Crippen LogP contribution in [0.15, 0.2) is 78.0 Å². The van der Waals surface area contributed by atoms with Crippen LogP contribution in [0, 0.1) is 14.9 Å². The summed E-state index contributed by atoms with van der Waals surface area (Å²) in [6, 6.07) is 22.4. The first-order valence-corrected chi connectivity index (χ1v) is 10.5. The van der Waals surface area contributed by atoms with Gasteiger partial charge in [-0.05, 0) is 58.5 Å². The minimum Gasteiger partial charge on any atom is -0.507 e. The van der Waals surface area contributed by atoms with Crippen LogP contribution in [0.25, 0.3) is 10.9 Å². The average Bonchev–Trinajstić information content (AvgIpc) is 3.13. The number of nitrogens with one attached hydrogen (secondary N) is 1. The van der Waals surface area contributed by atoms with Crippen molar-refractivity contribution in [2.45, 2.75) is 6.54 Å². The van der Waals surface area contributed by atoms with E-state index in [0.717, 1.165) is 22.0 Å². The molecule has 0 aliphatic rings. The molecule has 1 aromatic heterocycles. The summed E-state index contributed by atoms with van der Waals surface area (Å²) in [5.41, 5.74) is 6.25. The number of hydrogen-bond donors (Lipinski definition) is 2. The molecule has 2 N–H and O–H groups in total. The molecule has 0 unspecified atom stereocenters. The molecule has 0 spiro atoms. The molecule has 1 heterocycles. The number of rotatable bonds is 5. The highest BCUT2D eigenvalue weighted by atomic mass is 127. The van der Waals surface area contributed by atoms with E-state index >= 15 is 0 Å². The summed E-state index contributed by atoms with van der Waals surface area (Å²) >= 11 is 1.99. The van der Waals surface area contributed by atoms with E-state index in [2.05, 4.69) is 21.2 Å². The van der Waals surface area contributed by atoms with Gasteiger partial charge >= 0.3 is 0 Å². The van der Waals surface area contributed by atoms with Gasteiger partial charge in [0.2, 0.25) is 0 Å². The van der Waals surface area contributed by atoms with Gasteiger partial charge in [0, 0.05) is 34.8 Å². The van der Waals surface area contributed by atoms with Gasteiger partial charge in [0.15, 0.2) is 0 Å². The fraction of sp³-hybridized carbons (Fsp3) is 0.0417. The van der Waals surface area contributed by atoms with Crippen molar-refractivity contribution in [2.24, 2.45) is 5.10 Å². The largest absolute Gasteiger partial charge is 0.507 e. The second kappa shape index (κ2) is 9.02. The number of fused-ring (bicyclic) bond motifs is 1. The normalized spacial score (nSPS) is 11.0. The molecular formula is C24H17IN4O2. The summed E-state index contributed by atoms with van der Waals surface area (Å²) in [5.74, 6) is -0.354. The Labute approximate surface area is 192 Å². The standard InChI is InChI=1S/C24H17IN4O2/c25-21-10-9-16(11-23(21)30)24(31)28-27-13-19-15-29(22-8-4-3-7-20(19)22)14-18-6-2-1-5-17(18)12-26/h1-11,13,15,30H,14H2,(H,28,31)/b27-13+. The zero-order chi connectivity index (χ0) is 21.8. The molecule has 1 amide bonds. The Hall–Kier alpha value is -3.64. The summed E-state index contributed by atoms with van der Waals surface area (Å²) in [5, 5.41) is 24.2. The van der Waals surface area contributed by atoms with E-state index in [9.17, 15) is 15.2 Å². The number of halogens is 1. The quantitative estimate of drug-likeness (QED) is 0.228. The Balaban J connectivity index is 1.59. The molecule has 0 saturated carbocycles. The number of aromatic nitrogens is 1. The predicted octanol–water partition coefficient (Wildman–Crippen LogP) is 4.64. The number of phenols is 1. The van der Waals surface area contributed by atoms with Crippen LogP contribution in [0.2, 0.25) is 0 Å². The Kier molecular flexibility index (Phi) is 6.00. The van der Waals surface area contributed by atoms with Crippen molar-refractivity contribution in [3.63, 3.8) is 0 Å². The number of hydrazone groups is 1. The third-order valence-electron chi connectivity index (χ3n) is 4.88. The maximum absolute atomic E-state index is 12.3. The molecule has 0 aliphatic heterocycles.